The number of rotatable bonds is 6. The second-order valence-corrected chi connectivity index (χ2v) is 10.0. The summed E-state index contributed by atoms with van der Waals surface area (Å²) >= 11 is -2.70. The summed E-state index contributed by atoms with van der Waals surface area (Å²) in [4.78, 5) is 3.12. The molecule has 1 fully saturated rings. The van der Waals surface area contributed by atoms with Gasteiger partial charge in [0.2, 0.25) is 0 Å². The van der Waals surface area contributed by atoms with Crippen molar-refractivity contribution < 1.29 is 22.0 Å². The predicted octanol–water partition coefficient (Wildman–Crippen LogP) is 3.36. The summed E-state index contributed by atoms with van der Waals surface area (Å²) < 4.78 is 49.4. The Hall–Kier alpha value is -1.34. The van der Waals surface area contributed by atoms with E-state index in [1.54, 1.807) is 6.07 Å². The van der Waals surface area contributed by atoms with Crippen LogP contribution in [0.2, 0.25) is 0 Å². The van der Waals surface area contributed by atoms with Gasteiger partial charge in [0, 0.05) is 0 Å². The summed E-state index contributed by atoms with van der Waals surface area (Å²) in [6.45, 7) is 5.87. The number of hydrogen-bond acceptors (Lipinski definition) is 4. The van der Waals surface area contributed by atoms with Crippen molar-refractivity contribution in [1.29, 1.82) is 0 Å². The van der Waals surface area contributed by atoms with Gasteiger partial charge in [-0.15, -0.1) is 0 Å². The maximum absolute atomic E-state index is 13.5. The van der Waals surface area contributed by atoms with E-state index >= 15 is 0 Å². The lowest BCUT2D eigenvalue weighted by atomic mass is 9.89. The van der Waals surface area contributed by atoms with Crippen LogP contribution in [0.25, 0.3) is 5.53 Å². The van der Waals surface area contributed by atoms with Crippen molar-refractivity contribution in [1.82, 2.24) is 0 Å². The molecule has 1 aromatic carbocycles. The van der Waals surface area contributed by atoms with Crippen LogP contribution in [0.4, 0.5) is 0 Å². The molecule has 1 saturated carbocycles. The molecule has 0 saturated heterocycles. The summed E-state index contributed by atoms with van der Waals surface area (Å²) in [5.74, 6) is 0. The maximum Gasteiger partial charge on any atom is 0.403 e. The van der Waals surface area contributed by atoms with Crippen molar-refractivity contribution >= 4 is 26.0 Å². The fraction of sp³-hybridized carbons (Fsp3) is 0.632. The van der Waals surface area contributed by atoms with E-state index in [-0.39, 0.29) is 17.7 Å². The average Bonchev–Trinajstić information content (AvgIpc) is 2.67. The minimum atomic E-state index is -4.25. The monoisotopic (exact) mass is 411 g/mol. The first-order chi connectivity index (χ1) is 12.8. The second-order valence-electron chi connectivity index (χ2n) is 6.94. The topological polar surface area (TPSA) is 111 Å². The van der Waals surface area contributed by atoms with Crippen LogP contribution in [0, 0.1) is 0 Å². The van der Waals surface area contributed by atoms with Crippen LogP contribution in [-0.4, -0.2) is 31.8 Å². The number of sulfone groups is 1. The minimum absolute atomic E-state index is 0.0576. The van der Waals surface area contributed by atoms with E-state index in [2.05, 4.69) is 4.79 Å². The SMILES string of the molecule is CCc1ccc(S(=O)(=O)C(=[N+]=[N-])C2(S(=O)[O-])CCCCC2)c(CC)c1CC. The molecule has 150 valence electrons. The smallest absolute Gasteiger partial charge is 0.403 e. The molecule has 1 aliphatic carbocycles. The van der Waals surface area contributed by atoms with E-state index in [4.69, 9.17) is 0 Å². The van der Waals surface area contributed by atoms with Crippen molar-refractivity contribution in [2.45, 2.75) is 81.8 Å². The normalized spacial score (nSPS) is 17.9. The number of aryl methyl sites for hydroxylation is 1. The Labute approximate surface area is 164 Å². The van der Waals surface area contributed by atoms with Gasteiger partial charge in [-0.2, -0.15) is 4.79 Å². The zero-order chi connectivity index (χ0) is 20.2. The highest BCUT2D eigenvalue weighted by Crippen LogP contribution is 2.38. The summed E-state index contributed by atoms with van der Waals surface area (Å²) in [7, 11) is -4.25. The predicted molar refractivity (Wildman–Crippen MR) is 105 cm³/mol. The van der Waals surface area contributed by atoms with Gasteiger partial charge in [0.05, 0.1) is 4.90 Å². The molecule has 0 aliphatic heterocycles. The van der Waals surface area contributed by atoms with Gasteiger partial charge >= 0.3 is 5.04 Å². The van der Waals surface area contributed by atoms with E-state index in [0.29, 0.717) is 31.2 Å². The third-order valence-electron chi connectivity index (χ3n) is 5.58. The first-order valence-electron chi connectivity index (χ1n) is 9.50. The number of hydrogen-bond donors (Lipinski definition) is 0. The van der Waals surface area contributed by atoms with Gasteiger partial charge in [-0.25, -0.2) is 8.42 Å². The molecular weight excluding hydrogens is 384 g/mol. The highest BCUT2D eigenvalue weighted by molar-refractivity contribution is 8.08. The Balaban J connectivity index is 2.73. The molecule has 8 heteroatoms. The maximum atomic E-state index is 13.5. The van der Waals surface area contributed by atoms with Gasteiger partial charge in [-0.05, 0) is 65.9 Å². The molecule has 0 bridgehead atoms. The third-order valence-corrected chi connectivity index (χ3v) is 8.89. The lowest BCUT2D eigenvalue weighted by Crippen LogP contribution is -2.49. The highest BCUT2D eigenvalue weighted by Gasteiger charge is 2.53. The highest BCUT2D eigenvalue weighted by atomic mass is 32.2. The van der Waals surface area contributed by atoms with E-state index in [0.717, 1.165) is 24.0 Å². The van der Waals surface area contributed by atoms with Crippen LogP contribution in [0.5, 0.6) is 0 Å². The second kappa shape index (κ2) is 8.78. The Morgan fingerprint density at radius 3 is 2.15 bits per heavy atom. The number of nitrogens with zero attached hydrogens (tertiary/aromatic N) is 2. The van der Waals surface area contributed by atoms with Gasteiger partial charge < -0.3 is 10.1 Å². The lowest BCUT2D eigenvalue weighted by molar-refractivity contribution is -0.00760. The third kappa shape index (κ3) is 3.81. The lowest BCUT2D eigenvalue weighted by Gasteiger charge is -2.34. The van der Waals surface area contributed by atoms with Gasteiger partial charge in [0.25, 0.3) is 9.84 Å². The molecule has 6 nitrogen and oxygen atoms in total. The van der Waals surface area contributed by atoms with E-state index in [1.807, 2.05) is 20.8 Å². The van der Waals surface area contributed by atoms with E-state index in [1.165, 1.54) is 6.07 Å². The molecule has 1 atom stereocenters. The average molecular weight is 412 g/mol. The largest absolute Gasteiger partial charge is 0.771 e. The van der Waals surface area contributed by atoms with Crippen LogP contribution in [0.1, 0.15) is 69.6 Å². The van der Waals surface area contributed by atoms with E-state index < -0.39 is 30.7 Å². The standard InChI is InChI=1S/C19H28N2O4S2/c1-4-14-10-11-17(16(6-3)15(14)5-2)27(24,25)18(21-20)19(26(22)23)12-8-7-9-13-19/h10-11H,4-9,12-13H2,1-3H3,(H,22,23)/p-1. The Kier molecular flexibility index (Phi) is 7.14. The molecule has 0 heterocycles. The molecule has 0 amide bonds. The van der Waals surface area contributed by atoms with Crippen molar-refractivity contribution in [2.24, 2.45) is 0 Å². The molecule has 0 radical (unpaired) electrons. The van der Waals surface area contributed by atoms with Gasteiger partial charge in [0.15, 0.2) is 0 Å². The van der Waals surface area contributed by atoms with Crippen molar-refractivity contribution in [2.75, 3.05) is 0 Å². The molecule has 1 aliphatic rings. The number of benzene rings is 1. The Morgan fingerprint density at radius 1 is 1.11 bits per heavy atom. The van der Waals surface area contributed by atoms with Gasteiger partial charge in [-0.1, -0.05) is 46.1 Å². The molecule has 0 N–H and O–H groups in total. The molecule has 2 rings (SSSR count). The first-order valence-corrected chi connectivity index (χ1v) is 12.1. The van der Waals surface area contributed by atoms with Crippen molar-refractivity contribution in [3.63, 3.8) is 0 Å². The fourth-order valence-corrected chi connectivity index (χ4v) is 7.39. The van der Waals surface area contributed by atoms with Gasteiger partial charge in [-0.3, -0.25) is 4.21 Å². The van der Waals surface area contributed by atoms with Crippen LogP contribution < -0.4 is 0 Å². The molecule has 1 unspecified atom stereocenters. The summed E-state index contributed by atoms with van der Waals surface area (Å²) in [5, 5.41) is -0.635. The molecule has 0 spiro atoms. The van der Waals surface area contributed by atoms with Crippen LogP contribution in [0.15, 0.2) is 17.0 Å². The molecule has 0 aromatic heterocycles. The Bertz CT molecular complexity index is 881. The zero-order valence-corrected chi connectivity index (χ0v) is 17.8. The van der Waals surface area contributed by atoms with E-state index in [9.17, 15) is 22.7 Å². The summed E-state index contributed by atoms with van der Waals surface area (Å²) in [6, 6.07) is 3.31. The molecule has 27 heavy (non-hydrogen) atoms. The fourth-order valence-electron chi connectivity index (χ4n) is 4.20. The Morgan fingerprint density at radius 2 is 1.70 bits per heavy atom. The summed E-state index contributed by atoms with van der Waals surface area (Å²) in [6.07, 6.45) is 4.26. The molecular formula is C19H27N2O4S2-. The minimum Gasteiger partial charge on any atom is -0.771 e. The quantitative estimate of drug-likeness (QED) is 0.235. The summed E-state index contributed by atoms with van der Waals surface area (Å²) in [5.41, 5.74) is 12.3. The van der Waals surface area contributed by atoms with Gasteiger partial charge in [0.1, 0.15) is 4.75 Å². The first kappa shape index (κ1) is 22.0. The van der Waals surface area contributed by atoms with Crippen LogP contribution in [0.3, 0.4) is 0 Å². The van der Waals surface area contributed by atoms with Crippen LogP contribution >= 0.6 is 0 Å². The van der Waals surface area contributed by atoms with Crippen molar-refractivity contribution in [3.05, 3.63) is 34.4 Å². The zero-order valence-electron chi connectivity index (χ0n) is 16.2. The molecule has 1 aromatic rings. The van der Waals surface area contributed by atoms with Crippen molar-refractivity contribution in [3.8, 4) is 0 Å². The van der Waals surface area contributed by atoms with Crippen LogP contribution in [-0.2, 0) is 40.2 Å².